The third-order valence-corrected chi connectivity index (χ3v) is 12.8. The molecule has 13 nitrogen and oxygen atoms in total. The smallest absolute Gasteiger partial charge is 0.319 e. The van der Waals surface area contributed by atoms with Gasteiger partial charge in [0.1, 0.15) is 45.6 Å². The van der Waals surface area contributed by atoms with Gasteiger partial charge < -0.3 is 24.6 Å². The van der Waals surface area contributed by atoms with Crippen molar-refractivity contribution in [3.8, 4) is 34.5 Å². The van der Waals surface area contributed by atoms with Crippen LogP contribution in [0.1, 0.15) is 56.2 Å². The van der Waals surface area contributed by atoms with Crippen LogP contribution in [0.15, 0.2) is 35.7 Å². The lowest BCUT2D eigenvalue weighted by Gasteiger charge is -2.30. The number of amides is 4. The Morgan fingerprint density at radius 3 is 2.73 bits per heavy atom. The van der Waals surface area contributed by atoms with Gasteiger partial charge in [0.2, 0.25) is 15.9 Å². The number of nitrogens with one attached hydrogen (secondary N) is 2. The number of methoxy groups -OCH3 is 1. The third-order valence-electron chi connectivity index (χ3n) is 10.1. The minimum Gasteiger partial charge on any atom is -0.496 e. The Morgan fingerprint density at radius 1 is 1.20 bits per heavy atom. The van der Waals surface area contributed by atoms with Crippen molar-refractivity contribution in [2.24, 2.45) is 5.92 Å². The molecule has 3 fully saturated rings. The minimum atomic E-state index is -3.85. The zero-order valence-corrected chi connectivity index (χ0v) is 30.3. The molecule has 4 amide bonds. The molecule has 51 heavy (non-hydrogen) atoms. The first-order chi connectivity index (χ1) is 24.4. The lowest BCUT2D eigenvalue weighted by Crippen LogP contribution is -2.57. The number of carbonyl (C=O) groups is 3. The SMILES string of the molecule is C#Cc1csc(-c2cc(O[C@H]3C[C@H]4C(=O)N(C)CCCC/C=C\[C@@H]5C[C@@]5(C(=O)NS(=O)(=O)C5CC5)NC(=O)N4C3)c3ccc(OC)c(C)c3n2)n1. The molecule has 4 atom stereocenters. The number of sulfonamides is 1. The molecule has 268 valence electrons. The van der Waals surface area contributed by atoms with E-state index in [1.807, 2.05) is 31.2 Å². The number of hydrogen-bond donors (Lipinski definition) is 2. The maximum absolute atomic E-state index is 14.2. The molecule has 0 bridgehead atoms. The van der Waals surface area contributed by atoms with Gasteiger partial charge in [-0.25, -0.2) is 23.2 Å². The minimum absolute atomic E-state index is 0.0431. The van der Waals surface area contributed by atoms with Gasteiger partial charge in [-0.05, 0) is 63.5 Å². The van der Waals surface area contributed by atoms with Crippen molar-refractivity contribution in [2.75, 3.05) is 27.2 Å². The van der Waals surface area contributed by atoms with Crippen molar-refractivity contribution in [1.29, 1.82) is 0 Å². The standard InChI is InChI=1S/C36H40N6O7S2/c1-5-23-20-50-32(37-23)27-17-30(26-13-14-29(48-4)21(2)31(26)38-27)49-24-16-28-33(43)41(3)15-9-7-6-8-10-22-18-36(22,39-35(45)42(28)19-24)34(44)40-51(46,47)25-11-12-25/h1,8,10,13-14,17,20,22,24-25,28H,6-7,9,11-12,15-16,18-19H2,2-4H3,(H,39,45)(H,40,44)/b10-8-/t22-,24+,28+,36-/m1/s1. The fourth-order valence-corrected chi connectivity index (χ4v) is 9.03. The van der Waals surface area contributed by atoms with E-state index >= 15 is 0 Å². The van der Waals surface area contributed by atoms with Gasteiger partial charge in [0.25, 0.3) is 5.91 Å². The fourth-order valence-electron chi connectivity index (χ4n) is 6.95. The zero-order chi connectivity index (χ0) is 36.1. The van der Waals surface area contributed by atoms with Crippen LogP contribution in [0.3, 0.4) is 0 Å². The highest BCUT2D eigenvalue weighted by Crippen LogP contribution is 2.46. The number of likely N-dealkylation sites (N-methyl/N-ethyl adjacent to an activating group) is 1. The lowest BCUT2D eigenvalue weighted by atomic mass is 10.1. The molecule has 2 N–H and O–H groups in total. The number of aryl methyl sites for hydroxylation is 1. The van der Waals surface area contributed by atoms with Crippen molar-refractivity contribution < 1.29 is 32.3 Å². The Morgan fingerprint density at radius 2 is 2.00 bits per heavy atom. The molecule has 15 heteroatoms. The maximum atomic E-state index is 14.2. The molecule has 2 aliphatic heterocycles. The van der Waals surface area contributed by atoms with E-state index in [1.54, 1.807) is 30.5 Å². The summed E-state index contributed by atoms with van der Waals surface area (Å²) < 4.78 is 40.0. The van der Waals surface area contributed by atoms with Crippen molar-refractivity contribution in [2.45, 2.75) is 74.8 Å². The van der Waals surface area contributed by atoms with Gasteiger partial charge in [-0.1, -0.05) is 12.2 Å². The highest BCUT2D eigenvalue weighted by molar-refractivity contribution is 7.91. The van der Waals surface area contributed by atoms with E-state index in [2.05, 4.69) is 20.9 Å². The van der Waals surface area contributed by atoms with E-state index in [0.29, 0.717) is 58.2 Å². The summed E-state index contributed by atoms with van der Waals surface area (Å²) in [6.45, 7) is 2.47. The van der Waals surface area contributed by atoms with Crippen LogP contribution in [0.2, 0.25) is 0 Å². The van der Waals surface area contributed by atoms with E-state index in [4.69, 9.17) is 20.9 Å². The Balaban J connectivity index is 1.21. The lowest BCUT2D eigenvalue weighted by molar-refractivity contribution is -0.134. The van der Waals surface area contributed by atoms with Crippen LogP contribution < -0.4 is 19.5 Å². The van der Waals surface area contributed by atoms with Crippen LogP contribution in [-0.4, -0.2) is 96.2 Å². The van der Waals surface area contributed by atoms with Crippen LogP contribution in [-0.2, 0) is 19.6 Å². The number of thiazole rings is 1. The van der Waals surface area contributed by atoms with Crippen LogP contribution in [0, 0.1) is 25.2 Å². The Labute approximate surface area is 300 Å². The number of ether oxygens (including phenoxy) is 2. The van der Waals surface area contributed by atoms with Crippen LogP contribution in [0.4, 0.5) is 4.79 Å². The van der Waals surface area contributed by atoms with Gasteiger partial charge in [0.15, 0.2) is 0 Å². The number of aromatic nitrogens is 2. The fraction of sp³-hybridized carbons (Fsp3) is 0.472. The molecule has 1 saturated heterocycles. The summed E-state index contributed by atoms with van der Waals surface area (Å²) in [7, 11) is -0.536. The second kappa shape index (κ2) is 13.5. The molecule has 0 spiro atoms. The van der Waals surface area contributed by atoms with E-state index in [9.17, 15) is 22.8 Å². The zero-order valence-electron chi connectivity index (χ0n) is 28.7. The molecule has 4 heterocycles. The van der Waals surface area contributed by atoms with Crippen molar-refractivity contribution in [1.82, 2.24) is 29.8 Å². The van der Waals surface area contributed by atoms with Crippen LogP contribution in [0.5, 0.6) is 11.5 Å². The molecule has 2 aliphatic carbocycles. The van der Waals surface area contributed by atoms with Gasteiger partial charge in [-0.2, -0.15) is 0 Å². The predicted molar refractivity (Wildman–Crippen MR) is 192 cm³/mol. The van der Waals surface area contributed by atoms with Crippen molar-refractivity contribution in [3.05, 3.63) is 47.0 Å². The molecule has 3 aromatic rings. The number of hydrogen-bond acceptors (Lipinski definition) is 10. The van der Waals surface area contributed by atoms with Gasteiger partial charge >= 0.3 is 6.03 Å². The van der Waals surface area contributed by atoms with Gasteiger partial charge in [0.05, 0.1) is 24.4 Å². The molecule has 0 radical (unpaired) electrons. The first kappa shape index (κ1) is 34.8. The van der Waals surface area contributed by atoms with Crippen LogP contribution >= 0.6 is 11.3 Å². The van der Waals surface area contributed by atoms with Crippen molar-refractivity contribution in [3.63, 3.8) is 0 Å². The van der Waals surface area contributed by atoms with E-state index in [0.717, 1.165) is 24.8 Å². The van der Waals surface area contributed by atoms with E-state index < -0.39 is 44.9 Å². The Hall–Kier alpha value is -4.68. The topological polar surface area (TPSA) is 160 Å². The summed E-state index contributed by atoms with van der Waals surface area (Å²) in [6, 6.07) is 3.97. The number of benzene rings is 1. The number of allylic oxidation sites excluding steroid dienone is 1. The number of urea groups is 1. The summed E-state index contributed by atoms with van der Waals surface area (Å²) in [6.07, 6.45) is 12.6. The quantitative estimate of drug-likeness (QED) is 0.273. The number of pyridine rings is 1. The predicted octanol–water partition coefficient (Wildman–Crippen LogP) is 3.75. The Kier molecular flexibility index (Phi) is 9.17. The summed E-state index contributed by atoms with van der Waals surface area (Å²) in [4.78, 5) is 54.2. The number of fused-ring (bicyclic) bond motifs is 3. The second-order valence-electron chi connectivity index (χ2n) is 13.7. The van der Waals surface area contributed by atoms with Gasteiger partial charge in [-0.3, -0.25) is 14.3 Å². The summed E-state index contributed by atoms with van der Waals surface area (Å²) >= 11 is 1.36. The highest BCUT2D eigenvalue weighted by Gasteiger charge is 2.62. The molecular formula is C36H40N6O7S2. The Bertz CT molecular complexity index is 2090. The molecule has 0 unspecified atom stereocenters. The van der Waals surface area contributed by atoms with Crippen molar-refractivity contribution >= 4 is 50.1 Å². The molecule has 7 rings (SSSR count). The number of nitrogens with zero attached hydrogens (tertiary/aromatic N) is 4. The summed E-state index contributed by atoms with van der Waals surface area (Å²) in [5, 5.41) is 5.37. The second-order valence-corrected chi connectivity index (χ2v) is 16.5. The monoisotopic (exact) mass is 732 g/mol. The largest absolute Gasteiger partial charge is 0.496 e. The molecular weight excluding hydrogens is 693 g/mol. The first-order valence-electron chi connectivity index (χ1n) is 17.1. The molecule has 2 aromatic heterocycles. The molecule has 2 saturated carbocycles. The molecule has 1 aromatic carbocycles. The third kappa shape index (κ3) is 6.74. The van der Waals surface area contributed by atoms with Gasteiger partial charge in [0, 0.05) is 48.3 Å². The van der Waals surface area contributed by atoms with E-state index in [1.165, 1.54) is 16.2 Å². The highest BCUT2D eigenvalue weighted by atomic mass is 32.2. The summed E-state index contributed by atoms with van der Waals surface area (Å²) in [5.74, 6) is 2.31. The van der Waals surface area contributed by atoms with Gasteiger partial charge in [-0.15, -0.1) is 17.8 Å². The number of terminal acetylenes is 1. The first-order valence-corrected chi connectivity index (χ1v) is 19.5. The number of rotatable bonds is 7. The maximum Gasteiger partial charge on any atom is 0.319 e. The normalized spacial score (nSPS) is 26.0. The summed E-state index contributed by atoms with van der Waals surface area (Å²) in [5.41, 5.74) is 1.04. The average Bonchev–Trinajstić information content (AvgIpc) is 3.99. The average molecular weight is 733 g/mol. The molecule has 4 aliphatic rings. The number of carbonyl (C=O) groups excluding carboxylic acids is 3. The van der Waals surface area contributed by atoms with E-state index in [-0.39, 0.29) is 31.2 Å². The van der Waals surface area contributed by atoms with Crippen LogP contribution in [0.25, 0.3) is 21.6 Å².